The second kappa shape index (κ2) is 8.02. The van der Waals surface area contributed by atoms with Crippen LogP contribution in [0.4, 0.5) is 0 Å². The molecule has 7 heteroatoms. The van der Waals surface area contributed by atoms with Gasteiger partial charge in [0.05, 0.1) is 26.2 Å². The zero-order chi connectivity index (χ0) is 19.4. The van der Waals surface area contributed by atoms with Crippen LogP contribution in [-0.4, -0.2) is 29.7 Å². The van der Waals surface area contributed by atoms with Gasteiger partial charge in [-0.3, -0.25) is 0 Å². The average molecular weight is 389 g/mol. The van der Waals surface area contributed by atoms with E-state index in [1.54, 1.807) is 18.2 Å². The predicted octanol–water partition coefficient (Wildman–Crippen LogP) is 3.12. The molecule has 3 rings (SSSR count). The summed E-state index contributed by atoms with van der Waals surface area (Å²) >= 11 is 0. The van der Waals surface area contributed by atoms with Crippen LogP contribution < -0.4 is 18.9 Å². The minimum absolute atomic E-state index is 0.0881. The Hall–Kier alpha value is -2.51. The molecule has 0 saturated carbocycles. The quantitative estimate of drug-likeness (QED) is 0.788. The maximum Gasteiger partial charge on any atom is 0.237 e. The second-order valence-electron chi connectivity index (χ2n) is 6.15. The van der Waals surface area contributed by atoms with E-state index >= 15 is 0 Å². The van der Waals surface area contributed by atoms with Gasteiger partial charge < -0.3 is 14.2 Å². The predicted molar refractivity (Wildman–Crippen MR) is 105 cm³/mol. The Kier molecular flexibility index (Phi) is 5.72. The molecule has 2 aromatic carbocycles. The molecule has 0 atom stereocenters. The second-order valence-corrected chi connectivity index (χ2v) is 7.97. The number of hydrogen-bond acceptors (Lipinski definition) is 5. The highest BCUT2D eigenvalue weighted by molar-refractivity contribution is 7.93. The summed E-state index contributed by atoms with van der Waals surface area (Å²) in [5, 5.41) is 0. The van der Waals surface area contributed by atoms with Crippen LogP contribution in [-0.2, 0) is 23.0 Å². The van der Waals surface area contributed by atoms with E-state index in [-0.39, 0.29) is 6.54 Å². The van der Waals surface area contributed by atoms with E-state index in [0.29, 0.717) is 40.6 Å². The maximum absolute atomic E-state index is 12.8. The van der Waals surface area contributed by atoms with Gasteiger partial charge in [0.25, 0.3) is 0 Å². The van der Waals surface area contributed by atoms with Crippen molar-refractivity contribution in [3.05, 3.63) is 58.0 Å². The third-order valence-electron chi connectivity index (χ3n) is 4.60. The van der Waals surface area contributed by atoms with E-state index in [1.165, 1.54) is 21.3 Å². The molecule has 0 unspecified atom stereocenters. The largest absolute Gasteiger partial charge is 0.496 e. The Morgan fingerprint density at radius 1 is 0.926 bits per heavy atom. The summed E-state index contributed by atoms with van der Waals surface area (Å²) in [6.07, 6.45) is 2.94. The lowest BCUT2D eigenvalue weighted by Crippen LogP contribution is -2.26. The van der Waals surface area contributed by atoms with E-state index in [1.807, 2.05) is 24.3 Å². The minimum atomic E-state index is -3.60. The molecule has 0 bridgehead atoms. The molecular weight excluding hydrogens is 366 g/mol. The number of allylic oxidation sites excluding steroid dienone is 1. The monoisotopic (exact) mass is 389 g/mol. The van der Waals surface area contributed by atoms with Crippen molar-refractivity contribution >= 4 is 16.1 Å². The first-order chi connectivity index (χ1) is 13.0. The van der Waals surface area contributed by atoms with Crippen LogP contribution in [0.2, 0.25) is 0 Å². The zero-order valence-electron chi connectivity index (χ0n) is 15.6. The Labute approximate surface area is 159 Å². The third-order valence-corrected chi connectivity index (χ3v) is 6.13. The molecule has 1 aliphatic rings. The molecule has 1 aliphatic carbocycles. The highest BCUT2D eigenvalue weighted by atomic mass is 32.2. The van der Waals surface area contributed by atoms with Crippen molar-refractivity contribution in [1.82, 2.24) is 4.72 Å². The molecular formula is C20H23NO5S. The number of hydrogen-bond donors (Lipinski definition) is 1. The summed E-state index contributed by atoms with van der Waals surface area (Å²) in [5.41, 5.74) is 2.78. The SMILES string of the molecule is COc1cc(OC)c(OC)cc1CNS(=O)(=O)C1=Cc2ccccc2CC1. The molecule has 0 fully saturated rings. The first kappa shape index (κ1) is 19.3. The molecule has 144 valence electrons. The van der Waals surface area contributed by atoms with Gasteiger partial charge in [-0.2, -0.15) is 0 Å². The fraction of sp³-hybridized carbons (Fsp3) is 0.300. The smallest absolute Gasteiger partial charge is 0.237 e. The molecule has 0 spiro atoms. The Bertz CT molecular complexity index is 966. The average Bonchev–Trinajstić information content (AvgIpc) is 2.71. The van der Waals surface area contributed by atoms with Crippen molar-refractivity contribution in [3.63, 3.8) is 0 Å². The topological polar surface area (TPSA) is 73.9 Å². The van der Waals surface area contributed by atoms with Gasteiger partial charge in [0.15, 0.2) is 11.5 Å². The number of rotatable bonds is 7. The minimum Gasteiger partial charge on any atom is -0.496 e. The Balaban J connectivity index is 1.83. The fourth-order valence-corrected chi connectivity index (χ4v) is 4.30. The number of ether oxygens (including phenoxy) is 3. The van der Waals surface area contributed by atoms with E-state index < -0.39 is 10.0 Å². The molecule has 0 aromatic heterocycles. The number of methoxy groups -OCH3 is 3. The van der Waals surface area contributed by atoms with Crippen molar-refractivity contribution in [1.29, 1.82) is 0 Å². The fourth-order valence-electron chi connectivity index (χ4n) is 3.11. The summed E-state index contributed by atoms with van der Waals surface area (Å²) in [6.45, 7) is 0.0881. The molecule has 0 aliphatic heterocycles. The maximum atomic E-state index is 12.8. The van der Waals surface area contributed by atoms with Crippen molar-refractivity contribution in [3.8, 4) is 17.2 Å². The van der Waals surface area contributed by atoms with Gasteiger partial charge in [-0.05, 0) is 36.1 Å². The van der Waals surface area contributed by atoms with Crippen LogP contribution >= 0.6 is 0 Å². The van der Waals surface area contributed by atoms with Gasteiger partial charge in [0.1, 0.15) is 5.75 Å². The molecule has 0 radical (unpaired) electrons. The Morgan fingerprint density at radius 2 is 1.59 bits per heavy atom. The van der Waals surface area contributed by atoms with E-state index in [2.05, 4.69) is 4.72 Å². The number of aryl methyl sites for hydroxylation is 1. The van der Waals surface area contributed by atoms with Crippen LogP contribution in [0.15, 0.2) is 41.3 Å². The third kappa shape index (κ3) is 4.09. The number of benzene rings is 2. The van der Waals surface area contributed by atoms with E-state index in [4.69, 9.17) is 14.2 Å². The molecule has 0 saturated heterocycles. The normalized spacial score (nSPS) is 13.5. The number of nitrogens with one attached hydrogen (secondary N) is 1. The van der Waals surface area contributed by atoms with E-state index in [0.717, 1.165) is 11.1 Å². The number of fused-ring (bicyclic) bond motifs is 1. The lowest BCUT2D eigenvalue weighted by atomic mass is 9.98. The molecule has 0 amide bonds. The van der Waals surface area contributed by atoms with Crippen molar-refractivity contribution in [2.75, 3.05) is 21.3 Å². The molecule has 6 nitrogen and oxygen atoms in total. The molecule has 2 aromatic rings. The van der Waals surface area contributed by atoms with Crippen LogP contribution in [0.1, 0.15) is 23.1 Å². The van der Waals surface area contributed by atoms with Crippen LogP contribution in [0.5, 0.6) is 17.2 Å². The zero-order valence-corrected chi connectivity index (χ0v) is 16.4. The van der Waals surface area contributed by atoms with Gasteiger partial charge >= 0.3 is 0 Å². The Morgan fingerprint density at radius 3 is 2.30 bits per heavy atom. The van der Waals surface area contributed by atoms with Crippen molar-refractivity contribution in [2.45, 2.75) is 19.4 Å². The summed E-state index contributed by atoms with van der Waals surface area (Å²) in [6, 6.07) is 11.2. The van der Waals surface area contributed by atoms with Crippen LogP contribution in [0.25, 0.3) is 6.08 Å². The van der Waals surface area contributed by atoms with Crippen molar-refractivity contribution < 1.29 is 22.6 Å². The standard InChI is InChI=1S/C20H23NO5S/c1-24-18-12-20(26-3)19(25-2)11-16(18)13-21-27(22,23)17-9-8-14-6-4-5-7-15(14)10-17/h4-7,10-12,21H,8-9,13H2,1-3H3. The highest BCUT2D eigenvalue weighted by Crippen LogP contribution is 2.35. The highest BCUT2D eigenvalue weighted by Gasteiger charge is 2.22. The lowest BCUT2D eigenvalue weighted by molar-refractivity contribution is 0.347. The molecule has 1 N–H and O–H groups in total. The van der Waals surface area contributed by atoms with Gasteiger partial charge in [0, 0.05) is 18.2 Å². The first-order valence-electron chi connectivity index (χ1n) is 8.55. The van der Waals surface area contributed by atoms with Gasteiger partial charge in [-0.25, -0.2) is 13.1 Å². The first-order valence-corrected chi connectivity index (χ1v) is 10.0. The summed E-state index contributed by atoms with van der Waals surface area (Å²) < 4.78 is 44.1. The summed E-state index contributed by atoms with van der Waals surface area (Å²) in [4.78, 5) is 0.389. The van der Waals surface area contributed by atoms with Gasteiger partial charge in [0.2, 0.25) is 10.0 Å². The van der Waals surface area contributed by atoms with E-state index in [9.17, 15) is 8.42 Å². The number of sulfonamides is 1. The summed E-state index contributed by atoms with van der Waals surface area (Å²) in [5.74, 6) is 1.56. The summed E-state index contributed by atoms with van der Waals surface area (Å²) in [7, 11) is 0.992. The van der Waals surface area contributed by atoms with Gasteiger partial charge in [-0.1, -0.05) is 24.3 Å². The van der Waals surface area contributed by atoms with Crippen LogP contribution in [0, 0.1) is 0 Å². The van der Waals surface area contributed by atoms with Crippen LogP contribution in [0.3, 0.4) is 0 Å². The van der Waals surface area contributed by atoms with Gasteiger partial charge in [-0.15, -0.1) is 0 Å². The molecule has 27 heavy (non-hydrogen) atoms. The van der Waals surface area contributed by atoms with Crippen molar-refractivity contribution in [2.24, 2.45) is 0 Å². The lowest BCUT2D eigenvalue weighted by Gasteiger charge is -2.18. The molecule has 0 heterocycles.